The minimum atomic E-state index is -5.15. The van der Waals surface area contributed by atoms with E-state index >= 15 is 13.2 Å². The number of aryl methyl sites for hydroxylation is 8. The molecule has 0 bridgehead atoms. The number of benzene rings is 11. The molecule has 0 saturated heterocycles. The zero-order valence-corrected chi connectivity index (χ0v) is 48.7. The van der Waals surface area contributed by atoms with Crippen LogP contribution in [0.5, 0.6) is 0 Å². The van der Waals surface area contributed by atoms with Gasteiger partial charge in [-0.2, -0.15) is 31.6 Å². The van der Waals surface area contributed by atoms with Gasteiger partial charge < -0.3 is 9.13 Å². The number of hydrogen-bond acceptors (Lipinski definition) is 1. The predicted octanol–water partition coefficient (Wildman–Crippen LogP) is 22.3. The molecule has 0 fully saturated rings. The van der Waals surface area contributed by atoms with Gasteiger partial charge in [-0.15, -0.1) is 0 Å². The van der Waals surface area contributed by atoms with Crippen LogP contribution in [0.4, 0.5) is 26.3 Å². The van der Waals surface area contributed by atoms with E-state index in [-0.39, 0.29) is 11.6 Å². The molecule has 0 amide bonds. The quantitative estimate of drug-likeness (QED) is 0.140. The van der Waals surface area contributed by atoms with E-state index in [1.807, 2.05) is 24.3 Å². The fourth-order valence-corrected chi connectivity index (χ4v) is 13.1. The number of fused-ring (bicyclic) bond motifs is 6. The zero-order valence-electron chi connectivity index (χ0n) is 48.7. The Morgan fingerprint density at radius 1 is 0.302 bits per heavy atom. The summed E-state index contributed by atoms with van der Waals surface area (Å²) in [5, 5.41) is 14.5. The summed E-state index contributed by atoms with van der Waals surface area (Å²) in [4.78, 5) is 0. The highest BCUT2D eigenvalue weighted by atomic mass is 19.4. The molecular formula is C77H57F6N3. The molecule has 2 aromatic heterocycles. The first kappa shape index (κ1) is 55.3. The second-order valence-corrected chi connectivity index (χ2v) is 23.2. The summed E-state index contributed by atoms with van der Waals surface area (Å²) in [7, 11) is 0. The van der Waals surface area contributed by atoms with E-state index in [1.54, 1.807) is 24.3 Å². The first-order chi connectivity index (χ1) is 41.1. The van der Waals surface area contributed by atoms with Crippen LogP contribution in [-0.4, -0.2) is 9.13 Å². The van der Waals surface area contributed by atoms with Crippen molar-refractivity contribution in [3.8, 4) is 84.2 Å². The third-order valence-electron chi connectivity index (χ3n) is 17.2. The lowest BCUT2D eigenvalue weighted by molar-refractivity contribution is -0.142. The minimum Gasteiger partial charge on any atom is -0.309 e. The first-order valence-corrected chi connectivity index (χ1v) is 28.6. The zero-order chi connectivity index (χ0) is 60.2. The Morgan fingerprint density at radius 3 is 0.953 bits per heavy atom. The van der Waals surface area contributed by atoms with Crippen LogP contribution >= 0.6 is 0 Å². The molecule has 422 valence electrons. The number of halogens is 6. The van der Waals surface area contributed by atoms with Crippen molar-refractivity contribution in [2.45, 2.75) is 67.7 Å². The Balaban J connectivity index is 1.14. The Labute approximate surface area is 495 Å². The minimum absolute atomic E-state index is 0.0588. The average molecular weight is 1140 g/mol. The van der Waals surface area contributed by atoms with Crippen molar-refractivity contribution in [2.75, 3.05) is 0 Å². The predicted molar refractivity (Wildman–Crippen MR) is 340 cm³/mol. The molecule has 0 aliphatic heterocycles. The van der Waals surface area contributed by atoms with Gasteiger partial charge in [-0.05, 0) is 212 Å². The van der Waals surface area contributed by atoms with Crippen molar-refractivity contribution in [2.24, 2.45) is 0 Å². The molecule has 9 heteroatoms. The molecule has 0 spiro atoms. The molecule has 13 aromatic rings. The molecule has 2 heterocycles. The average Bonchev–Trinajstić information content (AvgIpc) is 1.77. The van der Waals surface area contributed by atoms with Crippen LogP contribution in [0.1, 0.15) is 61.2 Å². The van der Waals surface area contributed by atoms with E-state index in [2.05, 4.69) is 204 Å². The molecule has 0 saturated carbocycles. The van der Waals surface area contributed by atoms with Gasteiger partial charge in [0, 0.05) is 32.7 Å². The summed E-state index contributed by atoms with van der Waals surface area (Å²) in [6, 6.07) is 65.8. The maximum atomic E-state index is 15.3. The number of nitriles is 1. The van der Waals surface area contributed by atoms with E-state index in [0.29, 0.717) is 34.1 Å². The van der Waals surface area contributed by atoms with Crippen molar-refractivity contribution in [3.05, 3.63) is 261 Å². The van der Waals surface area contributed by atoms with Gasteiger partial charge >= 0.3 is 12.4 Å². The van der Waals surface area contributed by atoms with Crippen molar-refractivity contribution in [1.29, 1.82) is 5.26 Å². The van der Waals surface area contributed by atoms with E-state index in [0.717, 1.165) is 139 Å². The van der Waals surface area contributed by atoms with Crippen LogP contribution < -0.4 is 0 Å². The lowest BCUT2D eigenvalue weighted by Gasteiger charge is -2.21. The molecule has 0 aliphatic carbocycles. The lowest BCUT2D eigenvalue weighted by Crippen LogP contribution is -2.12. The van der Waals surface area contributed by atoms with E-state index < -0.39 is 29.0 Å². The number of hydrogen-bond donors (Lipinski definition) is 0. The van der Waals surface area contributed by atoms with Gasteiger partial charge in [0.25, 0.3) is 0 Å². The van der Waals surface area contributed by atoms with Gasteiger partial charge in [0.05, 0.1) is 56.2 Å². The number of aromatic nitrogens is 2. The van der Waals surface area contributed by atoms with Gasteiger partial charge in [0.2, 0.25) is 0 Å². The van der Waals surface area contributed by atoms with Crippen LogP contribution in [0.25, 0.3) is 122 Å². The molecule has 0 aliphatic rings. The second-order valence-electron chi connectivity index (χ2n) is 23.2. The Morgan fingerprint density at radius 2 is 0.616 bits per heavy atom. The van der Waals surface area contributed by atoms with Gasteiger partial charge in [-0.3, -0.25) is 0 Å². The van der Waals surface area contributed by atoms with Crippen molar-refractivity contribution >= 4 is 43.6 Å². The van der Waals surface area contributed by atoms with Crippen LogP contribution in [0.15, 0.2) is 200 Å². The Kier molecular flexibility index (Phi) is 13.3. The number of alkyl halides is 6. The molecule has 0 radical (unpaired) electrons. The highest BCUT2D eigenvalue weighted by Crippen LogP contribution is 2.48. The summed E-state index contributed by atoms with van der Waals surface area (Å²) in [6.45, 7) is 16.7. The lowest BCUT2D eigenvalue weighted by atomic mass is 9.92. The molecular weight excluding hydrogens is 1080 g/mol. The summed E-state index contributed by atoms with van der Waals surface area (Å²) >= 11 is 0. The summed E-state index contributed by atoms with van der Waals surface area (Å²) in [5.41, 5.74) is 20.1. The number of rotatable bonds is 8. The molecule has 0 atom stereocenters. The fraction of sp³-hybridized carbons (Fsp3) is 0.130. The standard InChI is InChI=1S/C77H57F6N3/c1-43-9-20-58(47(5)31-43)52-15-27-70-65(36-52)66-37-53(59-21-10-44(2)32-48(59)6)16-28-71(66)85(70)74-35-51(42-84)13-24-63(74)64-25-14-56(62-26-19-57(76(78,79)80)41-69(62)77(81,82)83)40-75(64)86-72-29-17-54(60-22-11-45(3)33-49(60)7)38-67(72)68-39-55(18-30-73(68)86)61-23-12-46(4)34-50(61)8/h9-41H,1-8H3. The summed E-state index contributed by atoms with van der Waals surface area (Å²) < 4.78 is 93.2. The third-order valence-corrected chi connectivity index (χ3v) is 17.2. The fourth-order valence-electron chi connectivity index (χ4n) is 13.1. The monoisotopic (exact) mass is 1140 g/mol. The normalized spacial score (nSPS) is 12.1. The maximum Gasteiger partial charge on any atom is 0.417 e. The Hall–Kier alpha value is -9.91. The molecule has 3 nitrogen and oxygen atoms in total. The van der Waals surface area contributed by atoms with E-state index in [9.17, 15) is 18.4 Å². The van der Waals surface area contributed by atoms with Gasteiger partial charge in [-0.25, -0.2) is 0 Å². The van der Waals surface area contributed by atoms with Crippen LogP contribution in [0.2, 0.25) is 0 Å². The summed E-state index contributed by atoms with van der Waals surface area (Å²) in [6.07, 6.45) is -10.2. The maximum absolute atomic E-state index is 15.3. The smallest absolute Gasteiger partial charge is 0.309 e. The second kappa shape index (κ2) is 20.7. The van der Waals surface area contributed by atoms with Crippen molar-refractivity contribution in [3.63, 3.8) is 0 Å². The molecule has 13 rings (SSSR count). The highest BCUT2D eigenvalue weighted by Gasteiger charge is 2.39. The molecule has 0 N–H and O–H groups in total. The molecule has 0 unspecified atom stereocenters. The van der Waals surface area contributed by atoms with E-state index in [1.165, 1.54) is 0 Å². The number of nitrogens with zero attached hydrogens (tertiary/aromatic N) is 3. The van der Waals surface area contributed by atoms with Gasteiger partial charge in [0.1, 0.15) is 0 Å². The van der Waals surface area contributed by atoms with E-state index in [4.69, 9.17) is 0 Å². The van der Waals surface area contributed by atoms with Gasteiger partial charge in [-0.1, -0.05) is 144 Å². The third kappa shape index (κ3) is 9.60. The highest BCUT2D eigenvalue weighted by molar-refractivity contribution is 6.14. The van der Waals surface area contributed by atoms with Crippen molar-refractivity contribution in [1.82, 2.24) is 9.13 Å². The van der Waals surface area contributed by atoms with Crippen LogP contribution in [0.3, 0.4) is 0 Å². The SMILES string of the molecule is Cc1ccc(-c2ccc3c(c2)c2cc(-c4ccc(C)cc4C)ccc2n3-c2cc(C#N)ccc2-c2ccc(-c3ccc(C(F)(F)F)cc3C(F)(F)F)cc2-n2c3ccc(-c4ccc(C)cc4C)cc3c3cc(-c4ccc(C)cc4C)ccc32)c(C)c1. The summed E-state index contributed by atoms with van der Waals surface area (Å²) in [5.74, 6) is 0. The van der Waals surface area contributed by atoms with Crippen LogP contribution in [-0.2, 0) is 12.4 Å². The van der Waals surface area contributed by atoms with Crippen LogP contribution in [0, 0.1) is 66.7 Å². The van der Waals surface area contributed by atoms with Crippen molar-refractivity contribution < 1.29 is 26.3 Å². The topological polar surface area (TPSA) is 33.6 Å². The molecule has 86 heavy (non-hydrogen) atoms. The largest absolute Gasteiger partial charge is 0.417 e. The molecule has 11 aromatic carbocycles. The van der Waals surface area contributed by atoms with Gasteiger partial charge in [0.15, 0.2) is 0 Å². The first-order valence-electron chi connectivity index (χ1n) is 28.6. The Bertz CT molecular complexity index is 4800.